The summed E-state index contributed by atoms with van der Waals surface area (Å²) in [4.78, 5) is 0. The van der Waals surface area contributed by atoms with Crippen LogP contribution in [0.5, 0.6) is 0 Å². The number of benzene rings is 1. The summed E-state index contributed by atoms with van der Waals surface area (Å²) in [6.45, 7) is 5.35. The van der Waals surface area contributed by atoms with Gasteiger partial charge in [0, 0.05) is 13.1 Å². The fourth-order valence-electron chi connectivity index (χ4n) is 1.39. The number of nitrogens with one attached hydrogen (secondary N) is 1. The molecule has 90 valence electrons. The minimum Gasteiger partial charge on any atom is -0.387 e. The van der Waals surface area contributed by atoms with Crippen LogP contribution < -0.4 is 5.32 Å². The van der Waals surface area contributed by atoms with E-state index >= 15 is 0 Å². The van der Waals surface area contributed by atoms with Crippen molar-refractivity contribution in [3.8, 4) is 6.07 Å². The van der Waals surface area contributed by atoms with Crippen LogP contribution in [-0.4, -0.2) is 18.2 Å². The molecule has 0 bridgehead atoms. The van der Waals surface area contributed by atoms with E-state index in [1.54, 1.807) is 24.3 Å². The van der Waals surface area contributed by atoms with Crippen molar-refractivity contribution in [3.05, 3.63) is 47.0 Å². The third-order valence-corrected chi connectivity index (χ3v) is 2.42. The number of hydrogen-bond donors (Lipinski definition) is 2. The van der Waals surface area contributed by atoms with Gasteiger partial charge in [-0.3, -0.25) is 0 Å². The molecule has 0 heterocycles. The molecule has 1 atom stereocenters. The van der Waals surface area contributed by atoms with Crippen molar-refractivity contribution in [1.82, 2.24) is 5.32 Å². The van der Waals surface area contributed by atoms with Gasteiger partial charge in [-0.05, 0) is 31.5 Å². The van der Waals surface area contributed by atoms with E-state index in [0.29, 0.717) is 12.1 Å². The van der Waals surface area contributed by atoms with Gasteiger partial charge in [0.15, 0.2) is 0 Å². The number of nitrogens with zero attached hydrogens (tertiary/aromatic N) is 1. The molecule has 0 aromatic heterocycles. The summed E-state index contributed by atoms with van der Waals surface area (Å²) in [5.74, 6) is 0. The third-order valence-electron chi connectivity index (χ3n) is 2.42. The lowest BCUT2D eigenvalue weighted by molar-refractivity contribution is 0.176. The predicted octanol–water partition coefficient (Wildman–Crippen LogP) is 2.15. The van der Waals surface area contributed by atoms with Gasteiger partial charge in [-0.2, -0.15) is 5.26 Å². The van der Waals surface area contributed by atoms with Crippen molar-refractivity contribution in [1.29, 1.82) is 5.26 Å². The summed E-state index contributed by atoms with van der Waals surface area (Å²) >= 11 is 0. The van der Waals surface area contributed by atoms with E-state index in [0.717, 1.165) is 12.1 Å². The molecule has 0 amide bonds. The Kier molecular flexibility index (Phi) is 5.41. The van der Waals surface area contributed by atoms with Gasteiger partial charge >= 0.3 is 0 Å². The summed E-state index contributed by atoms with van der Waals surface area (Å²) in [5.41, 5.74) is 2.69. The van der Waals surface area contributed by atoms with Crippen molar-refractivity contribution in [2.24, 2.45) is 0 Å². The van der Waals surface area contributed by atoms with E-state index in [1.165, 1.54) is 5.57 Å². The highest BCUT2D eigenvalue weighted by atomic mass is 16.3. The summed E-state index contributed by atoms with van der Waals surface area (Å²) in [6, 6.07) is 9.05. The van der Waals surface area contributed by atoms with E-state index in [2.05, 4.69) is 17.5 Å². The molecule has 1 rings (SSSR count). The smallest absolute Gasteiger partial charge is 0.0991 e. The highest BCUT2D eigenvalue weighted by molar-refractivity contribution is 5.32. The average Bonchev–Trinajstić information content (AvgIpc) is 2.34. The maximum absolute atomic E-state index is 9.88. The predicted molar refractivity (Wildman–Crippen MR) is 68.4 cm³/mol. The summed E-state index contributed by atoms with van der Waals surface area (Å²) < 4.78 is 0. The quantitative estimate of drug-likeness (QED) is 0.602. The average molecular weight is 230 g/mol. The van der Waals surface area contributed by atoms with Crippen LogP contribution in [0.2, 0.25) is 0 Å². The molecule has 0 saturated heterocycles. The second kappa shape index (κ2) is 6.85. The second-order valence-corrected chi connectivity index (χ2v) is 4.19. The molecule has 2 N–H and O–H groups in total. The fraction of sp³-hybridized carbons (Fsp3) is 0.357. The lowest BCUT2D eigenvalue weighted by Crippen LogP contribution is -2.21. The van der Waals surface area contributed by atoms with Crippen LogP contribution in [0.15, 0.2) is 35.9 Å². The standard InChI is InChI=1S/C14H18N2O/c1-11(2)7-8-16-10-14(17)13-5-3-12(9-15)4-6-13/h3-7,14,16-17H,8,10H2,1-2H3. The zero-order valence-corrected chi connectivity index (χ0v) is 10.3. The number of aliphatic hydroxyl groups excluding tert-OH is 1. The van der Waals surface area contributed by atoms with Gasteiger partial charge in [0.05, 0.1) is 17.7 Å². The SMILES string of the molecule is CC(C)=CCNCC(O)c1ccc(C#N)cc1. The molecule has 3 heteroatoms. The van der Waals surface area contributed by atoms with E-state index in [1.807, 2.05) is 13.8 Å². The Labute approximate surface area is 102 Å². The molecule has 0 aliphatic rings. The van der Waals surface area contributed by atoms with Crippen LogP contribution in [0, 0.1) is 11.3 Å². The Morgan fingerprint density at radius 1 is 1.41 bits per heavy atom. The molecular formula is C14H18N2O. The van der Waals surface area contributed by atoms with Crippen molar-refractivity contribution in [2.45, 2.75) is 20.0 Å². The Bertz CT molecular complexity index is 411. The first-order valence-electron chi connectivity index (χ1n) is 5.65. The van der Waals surface area contributed by atoms with E-state index < -0.39 is 6.10 Å². The molecule has 0 fully saturated rings. The van der Waals surface area contributed by atoms with E-state index in [9.17, 15) is 5.11 Å². The van der Waals surface area contributed by atoms with Crippen LogP contribution in [0.1, 0.15) is 31.1 Å². The highest BCUT2D eigenvalue weighted by Gasteiger charge is 2.05. The van der Waals surface area contributed by atoms with Gasteiger partial charge < -0.3 is 10.4 Å². The normalized spacial score (nSPS) is 11.6. The Balaban J connectivity index is 2.44. The molecular weight excluding hydrogens is 212 g/mol. The first kappa shape index (κ1) is 13.4. The van der Waals surface area contributed by atoms with Gasteiger partial charge in [-0.25, -0.2) is 0 Å². The van der Waals surface area contributed by atoms with Crippen molar-refractivity contribution < 1.29 is 5.11 Å². The first-order valence-corrected chi connectivity index (χ1v) is 5.65. The molecule has 0 saturated carbocycles. The third kappa shape index (κ3) is 4.81. The molecule has 17 heavy (non-hydrogen) atoms. The van der Waals surface area contributed by atoms with Crippen LogP contribution in [0.4, 0.5) is 0 Å². The zero-order valence-electron chi connectivity index (χ0n) is 10.3. The number of aliphatic hydroxyl groups is 1. The largest absolute Gasteiger partial charge is 0.387 e. The van der Waals surface area contributed by atoms with Crippen molar-refractivity contribution in [2.75, 3.05) is 13.1 Å². The van der Waals surface area contributed by atoms with Gasteiger partial charge in [-0.15, -0.1) is 0 Å². The lowest BCUT2D eigenvalue weighted by Gasteiger charge is -2.11. The molecule has 0 aliphatic carbocycles. The molecule has 1 aromatic carbocycles. The summed E-state index contributed by atoms with van der Waals surface area (Å²) in [6.07, 6.45) is 1.54. The van der Waals surface area contributed by atoms with Gasteiger partial charge in [0.1, 0.15) is 0 Å². The van der Waals surface area contributed by atoms with Crippen LogP contribution in [0.25, 0.3) is 0 Å². The molecule has 1 aromatic rings. The first-order chi connectivity index (χ1) is 8.13. The maximum Gasteiger partial charge on any atom is 0.0991 e. The Hall–Kier alpha value is -1.63. The fourth-order valence-corrected chi connectivity index (χ4v) is 1.39. The summed E-state index contributed by atoms with van der Waals surface area (Å²) in [7, 11) is 0. The maximum atomic E-state index is 9.88. The number of rotatable bonds is 5. The van der Waals surface area contributed by atoms with E-state index in [4.69, 9.17) is 5.26 Å². The van der Waals surface area contributed by atoms with Crippen molar-refractivity contribution >= 4 is 0 Å². The minimum absolute atomic E-state index is 0.510. The Morgan fingerprint density at radius 3 is 2.59 bits per heavy atom. The van der Waals surface area contributed by atoms with Crippen molar-refractivity contribution in [3.63, 3.8) is 0 Å². The van der Waals surface area contributed by atoms with Crippen LogP contribution in [0.3, 0.4) is 0 Å². The van der Waals surface area contributed by atoms with Gasteiger partial charge in [0.2, 0.25) is 0 Å². The topological polar surface area (TPSA) is 56.0 Å². The lowest BCUT2D eigenvalue weighted by atomic mass is 10.1. The zero-order chi connectivity index (χ0) is 12.7. The second-order valence-electron chi connectivity index (χ2n) is 4.19. The molecule has 1 unspecified atom stereocenters. The molecule has 0 radical (unpaired) electrons. The van der Waals surface area contributed by atoms with Gasteiger partial charge in [-0.1, -0.05) is 23.8 Å². The summed E-state index contributed by atoms with van der Waals surface area (Å²) in [5, 5.41) is 21.7. The molecule has 0 spiro atoms. The molecule has 0 aliphatic heterocycles. The van der Waals surface area contributed by atoms with Crippen LogP contribution >= 0.6 is 0 Å². The number of nitriles is 1. The Morgan fingerprint density at radius 2 is 2.06 bits per heavy atom. The van der Waals surface area contributed by atoms with Gasteiger partial charge in [0.25, 0.3) is 0 Å². The van der Waals surface area contributed by atoms with E-state index in [-0.39, 0.29) is 0 Å². The molecule has 3 nitrogen and oxygen atoms in total. The number of hydrogen-bond acceptors (Lipinski definition) is 3. The minimum atomic E-state index is -0.534. The highest BCUT2D eigenvalue weighted by Crippen LogP contribution is 2.12. The monoisotopic (exact) mass is 230 g/mol. The van der Waals surface area contributed by atoms with Crippen LogP contribution in [-0.2, 0) is 0 Å². The number of allylic oxidation sites excluding steroid dienone is 1.